The van der Waals surface area contributed by atoms with Gasteiger partial charge in [-0.1, -0.05) is 54.6 Å². The number of benzene rings is 2. The number of carbonyl (C=O) groups excluding carboxylic acids is 1. The Bertz CT molecular complexity index is 1030. The molecule has 0 bridgehead atoms. The van der Waals surface area contributed by atoms with E-state index in [1.807, 2.05) is 18.4 Å². The summed E-state index contributed by atoms with van der Waals surface area (Å²) in [4.78, 5) is 15.1. The molecule has 1 amide bonds. The molecule has 1 heterocycles. The van der Waals surface area contributed by atoms with Crippen LogP contribution in [-0.4, -0.2) is 62.3 Å². The molecule has 2 atom stereocenters. The van der Waals surface area contributed by atoms with Crippen LogP contribution in [0.25, 0.3) is 6.08 Å². The van der Waals surface area contributed by atoms with E-state index in [1.165, 1.54) is 16.7 Å². The van der Waals surface area contributed by atoms with Gasteiger partial charge in [0.25, 0.3) is 0 Å². The summed E-state index contributed by atoms with van der Waals surface area (Å²) in [5.41, 5.74) is 3.60. The smallest absolute Gasteiger partial charge is 0.230 e. The fourth-order valence-corrected chi connectivity index (χ4v) is 5.87. The van der Waals surface area contributed by atoms with Crippen LogP contribution >= 0.6 is 11.8 Å². The lowest BCUT2D eigenvalue weighted by Gasteiger charge is -2.44. The van der Waals surface area contributed by atoms with Crippen LogP contribution in [0.3, 0.4) is 0 Å². The van der Waals surface area contributed by atoms with Crippen molar-refractivity contribution < 1.29 is 14.3 Å². The number of thioether (sulfide) groups is 1. The number of amides is 1. The van der Waals surface area contributed by atoms with E-state index in [9.17, 15) is 4.79 Å². The summed E-state index contributed by atoms with van der Waals surface area (Å²) in [6.07, 6.45) is 10.1. The van der Waals surface area contributed by atoms with Crippen molar-refractivity contribution in [2.24, 2.45) is 0 Å². The van der Waals surface area contributed by atoms with Gasteiger partial charge in [-0.05, 0) is 61.0 Å². The summed E-state index contributed by atoms with van der Waals surface area (Å²) < 4.78 is 11.7. The zero-order valence-electron chi connectivity index (χ0n) is 20.7. The largest absolute Gasteiger partial charge is 0.497 e. The molecule has 186 valence electrons. The van der Waals surface area contributed by atoms with Gasteiger partial charge in [-0.25, -0.2) is 0 Å². The van der Waals surface area contributed by atoms with Crippen molar-refractivity contribution in [1.82, 2.24) is 10.2 Å². The normalized spacial score (nSPS) is 21.2. The van der Waals surface area contributed by atoms with Gasteiger partial charge in [0.05, 0.1) is 31.6 Å². The molecule has 0 saturated carbocycles. The third kappa shape index (κ3) is 5.66. The van der Waals surface area contributed by atoms with Crippen LogP contribution < -0.4 is 10.1 Å². The number of nitrogens with one attached hydrogen (secondary N) is 1. The van der Waals surface area contributed by atoms with Gasteiger partial charge in [0, 0.05) is 12.0 Å². The zero-order chi connectivity index (χ0) is 24.7. The highest BCUT2D eigenvalue weighted by Gasteiger charge is 2.54. The van der Waals surface area contributed by atoms with E-state index in [0.717, 1.165) is 38.2 Å². The second-order valence-electron chi connectivity index (χ2n) is 9.24. The van der Waals surface area contributed by atoms with Crippen LogP contribution in [-0.2, 0) is 14.9 Å². The molecular weight excluding hydrogens is 456 g/mol. The van der Waals surface area contributed by atoms with Crippen molar-refractivity contribution >= 4 is 23.7 Å². The van der Waals surface area contributed by atoms with E-state index in [2.05, 4.69) is 65.3 Å². The van der Waals surface area contributed by atoms with Gasteiger partial charge >= 0.3 is 0 Å². The Morgan fingerprint density at radius 2 is 1.94 bits per heavy atom. The van der Waals surface area contributed by atoms with Crippen LogP contribution in [0.4, 0.5) is 0 Å². The number of nitrogens with zero attached hydrogens (tertiary/aromatic N) is 1. The maximum Gasteiger partial charge on any atom is 0.230 e. The predicted octanol–water partition coefficient (Wildman–Crippen LogP) is 4.85. The lowest BCUT2D eigenvalue weighted by molar-refractivity contribution is -0.121. The van der Waals surface area contributed by atoms with Crippen molar-refractivity contribution in [3.05, 3.63) is 84.0 Å². The number of carbonyl (C=O) groups is 1. The van der Waals surface area contributed by atoms with E-state index in [0.29, 0.717) is 12.4 Å². The van der Waals surface area contributed by atoms with Crippen molar-refractivity contribution in [2.75, 3.05) is 45.4 Å². The number of piperidine rings is 1. The molecule has 1 saturated heterocycles. The Morgan fingerprint density at radius 3 is 2.63 bits per heavy atom. The second kappa shape index (κ2) is 11.9. The average molecular weight is 493 g/mol. The summed E-state index contributed by atoms with van der Waals surface area (Å²) >= 11 is 1.54. The highest BCUT2D eigenvalue weighted by molar-refractivity contribution is 7.99. The first-order chi connectivity index (χ1) is 17.1. The van der Waals surface area contributed by atoms with E-state index in [-0.39, 0.29) is 23.5 Å². The fraction of sp³-hybridized carbons (Fsp3) is 0.414. The molecule has 0 unspecified atom stereocenters. The molecule has 2 aromatic carbocycles. The Balaban J connectivity index is 1.48. The molecule has 1 N–H and O–H groups in total. The second-order valence-corrected chi connectivity index (χ2v) is 10.1. The number of fused-ring (bicyclic) bond motifs is 2. The fourth-order valence-electron chi connectivity index (χ4n) is 5.53. The average Bonchev–Trinajstić information content (AvgIpc) is 3.13. The standard InChI is InChI=1S/C29H36N2O3S/c1-4-20-34-28-27(30-26(32)21-35-3)24-9-5-6-10-25(24)29(28)15-18-31(19-16-29)17-7-8-22-11-13-23(33-2)14-12-22/h4-14,27-28H,1,15-21H2,2-3H3,(H,30,32)/t27-,28+/m1/s1. The van der Waals surface area contributed by atoms with E-state index < -0.39 is 0 Å². The Kier molecular flexibility index (Phi) is 8.71. The molecule has 2 aliphatic rings. The molecule has 0 aromatic heterocycles. The number of hydrogen-bond donors (Lipinski definition) is 1. The van der Waals surface area contributed by atoms with Gasteiger partial charge < -0.3 is 14.8 Å². The Hall–Kier alpha value is -2.54. The van der Waals surface area contributed by atoms with Crippen LogP contribution in [0.2, 0.25) is 0 Å². The third-order valence-electron chi connectivity index (χ3n) is 7.20. The summed E-state index contributed by atoms with van der Waals surface area (Å²) in [7, 11) is 1.68. The molecule has 35 heavy (non-hydrogen) atoms. The van der Waals surface area contributed by atoms with Gasteiger partial charge in [-0.3, -0.25) is 9.69 Å². The van der Waals surface area contributed by atoms with E-state index >= 15 is 0 Å². The molecular formula is C29H36N2O3S. The summed E-state index contributed by atoms with van der Waals surface area (Å²) in [5, 5.41) is 3.29. The van der Waals surface area contributed by atoms with Crippen molar-refractivity contribution in [1.29, 1.82) is 0 Å². The number of methoxy groups -OCH3 is 1. The topological polar surface area (TPSA) is 50.8 Å². The minimum absolute atomic E-state index is 0.0580. The number of ether oxygens (including phenoxy) is 2. The maximum absolute atomic E-state index is 12.6. The number of likely N-dealkylation sites (tertiary alicyclic amines) is 1. The van der Waals surface area contributed by atoms with Crippen LogP contribution in [0, 0.1) is 0 Å². The molecule has 4 rings (SSSR count). The highest BCUT2D eigenvalue weighted by atomic mass is 32.2. The van der Waals surface area contributed by atoms with Gasteiger partial charge in [0.2, 0.25) is 5.91 Å². The molecule has 1 aliphatic heterocycles. The molecule has 1 aliphatic carbocycles. The Morgan fingerprint density at radius 1 is 1.20 bits per heavy atom. The first-order valence-electron chi connectivity index (χ1n) is 12.2. The Labute approximate surface area is 213 Å². The van der Waals surface area contributed by atoms with Gasteiger partial charge in [-0.15, -0.1) is 6.58 Å². The number of hydrogen-bond acceptors (Lipinski definition) is 5. The first kappa shape index (κ1) is 25.5. The molecule has 6 heteroatoms. The number of rotatable bonds is 10. The summed E-state index contributed by atoms with van der Waals surface area (Å²) in [5.74, 6) is 1.38. The lowest BCUT2D eigenvalue weighted by Crippen LogP contribution is -2.51. The van der Waals surface area contributed by atoms with Crippen molar-refractivity contribution in [3.63, 3.8) is 0 Å². The SMILES string of the molecule is C=CCO[C@H]1[C@H](NC(=O)CSC)c2ccccc2C12CCN(CC=Cc1ccc(OC)cc1)CC2. The van der Waals surface area contributed by atoms with E-state index in [4.69, 9.17) is 9.47 Å². The minimum Gasteiger partial charge on any atom is -0.497 e. The van der Waals surface area contributed by atoms with Crippen molar-refractivity contribution in [3.8, 4) is 5.75 Å². The first-order valence-corrected chi connectivity index (χ1v) is 13.6. The third-order valence-corrected chi connectivity index (χ3v) is 7.75. The van der Waals surface area contributed by atoms with Crippen LogP contribution in [0.5, 0.6) is 5.75 Å². The molecule has 5 nitrogen and oxygen atoms in total. The van der Waals surface area contributed by atoms with Crippen molar-refractivity contribution in [2.45, 2.75) is 30.4 Å². The monoisotopic (exact) mass is 492 g/mol. The minimum atomic E-state index is -0.132. The maximum atomic E-state index is 12.6. The van der Waals surface area contributed by atoms with E-state index in [1.54, 1.807) is 24.9 Å². The lowest BCUT2D eigenvalue weighted by atomic mass is 9.72. The highest BCUT2D eigenvalue weighted by Crippen LogP contribution is 2.52. The predicted molar refractivity (Wildman–Crippen MR) is 145 cm³/mol. The summed E-state index contributed by atoms with van der Waals surface area (Å²) in [6.45, 7) is 7.22. The quantitative estimate of drug-likeness (QED) is 0.481. The van der Waals surface area contributed by atoms with Gasteiger partial charge in [0.15, 0.2) is 0 Å². The van der Waals surface area contributed by atoms with Gasteiger partial charge in [0.1, 0.15) is 5.75 Å². The molecule has 1 fully saturated rings. The molecule has 1 spiro atoms. The molecule has 2 aromatic rings. The summed E-state index contributed by atoms with van der Waals surface area (Å²) in [6, 6.07) is 16.6. The molecule has 0 radical (unpaired) electrons. The van der Waals surface area contributed by atoms with Gasteiger partial charge in [-0.2, -0.15) is 11.8 Å². The van der Waals surface area contributed by atoms with Crippen LogP contribution in [0.1, 0.15) is 35.6 Å². The van der Waals surface area contributed by atoms with Crippen LogP contribution in [0.15, 0.2) is 67.3 Å². The zero-order valence-corrected chi connectivity index (χ0v) is 21.6.